The van der Waals surface area contributed by atoms with E-state index < -0.39 is 5.97 Å². The highest BCUT2D eigenvalue weighted by Gasteiger charge is 2.09. The standard InChI is InChI=1S/C16H22O3/c1-5-13-8-12(6-7-15(13)19-4)9-14(11(2)3)10-16(17)18/h6-8,10-11H,5,9H2,1-4H3,(H,17,18)/b14-10-. The third-order valence-electron chi connectivity index (χ3n) is 3.18. The summed E-state index contributed by atoms with van der Waals surface area (Å²) in [4.78, 5) is 10.8. The Kier molecular flexibility index (Phi) is 5.61. The molecule has 0 fully saturated rings. The number of allylic oxidation sites excluding steroid dienone is 1. The first-order valence-electron chi connectivity index (χ1n) is 6.57. The monoisotopic (exact) mass is 262 g/mol. The maximum atomic E-state index is 10.8. The van der Waals surface area contributed by atoms with Gasteiger partial charge in [-0.3, -0.25) is 0 Å². The summed E-state index contributed by atoms with van der Waals surface area (Å²) in [7, 11) is 1.66. The van der Waals surface area contributed by atoms with Crippen LogP contribution in [0, 0.1) is 5.92 Å². The Morgan fingerprint density at radius 1 is 1.42 bits per heavy atom. The van der Waals surface area contributed by atoms with Crippen molar-refractivity contribution in [1.82, 2.24) is 0 Å². The number of hydrogen-bond acceptors (Lipinski definition) is 2. The molecule has 0 saturated heterocycles. The smallest absolute Gasteiger partial charge is 0.328 e. The van der Waals surface area contributed by atoms with Crippen LogP contribution in [-0.4, -0.2) is 18.2 Å². The Hall–Kier alpha value is -1.77. The van der Waals surface area contributed by atoms with Gasteiger partial charge in [-0.15, -0.1) is 0 Å². The van der Waals surface area contributed by atoms with Crippen molar-refractivity contribution in [1.29, 1.82) is 0 Å². The summed E-state index contributed by atoms with van der Waals surface area (Å²) in [6, 6.07) is 6.04. The SMILES string of the molecule is CCc1cc(C/C(=C/C(=O)O)C(C)C)ccc1OC. The highest BCUT2D eigenvalue weighted by molar-refractivity contribution is 5.80. The summed E-state index contributed by atoms with van der Waals surface area (Å²) in [5.41, 5.74) is 3.21. The molecule has 1 rings (SSSR count). The number of rotatable bonds is 6. The van der Waals surface area contributed by atoms with Gasteiger partial charge in [0.25, 0.3) is 0 Å². The summed E-state index contributed by atoms with van der Waals surface area (Å²) in [6.07, 6.45) is 2.89. The number of carboxylic acid groups (broad SMARTS) is 1. The van der Waals surface area contributed by atoms with Crippen LogP contribution in [0.1, 0.15) is 31.9 Å². The van der Waals surface area contributed by atoms with Gasteiger partial charge in [-0.25, -0.2) is 4.79 Å². The zero-order valence-electron chi connectivity index (χ0n) is 12.1. The predicted molar refractivity (Wildman–Crippen MR) is 76.6 cm³/mol. The summed E-state index contributed by atoms with van der Waals surface area (Å²) in [6.45, 7) is 6.11. The molecule has 0 amide bonds. The first kappa shape index (κ1) is 15.3. The molecule has 0 atom stereocenters. The quantitative estimate of drug-likeness (QED) is 0.798. The Bertz CT molecular complexity index is 473. The Labute approximate surface area is 114 Å². The van der Waals surface area contributed by atoms with Crippen molar-refractivity contribution >= 4 is 5.97 Å². The maximum Gasteiger partial charge on any atom is 0.328 e. The molecule has 0 unspecified atom stereocenters. The normalized spacial score (nSPS) is 11.7. The molecule has 0 spiro atoms. The van der Waals surface area contributed by atoms with Crippen molar-refractivity contribution in [2.24, 2.45) is 5.92 Å². The average molecular weight is 262 g/mol. The van der Waals surface area contributed by atoms with Crippen LogP contribution in [0.15, 0.2) is 29.8 Å². The molecule has 1 N–H and O–H groups in total. The number of aryl methyl sites for hydroxylation is 1. The van der Waals surface area contributed by atoms with Crippen molar-refractivity contribution in [3.8, 4) is 5.75 Å². The van der Waals surface area contributed by atoms with Crippen molar-refractivity contribution in [3.63, 3.8) is 0 Å². The van der Waals surface area contributed by atoms with E-state index in [0.717, 1.165) is 28.9 Å². The second kappa shape index (κ2) is 6.98. The van der Waals surface area contributed by atoms with Crippen molar-refractivity contribution in [3.05, 3.63) is 41.0 Å². The fraction of sp³-hybridized carbons (Fsp3) is 0.438. The second-order valence-corrected chi connectivity index (χ2v) is 4.89. The first-order valence-corrected chi connectivity index (χ1v) is 6.57. The van der Waals surface area contributed by atoms with Crippen LogP contribution in [0.2, 0.25) is 0 Å². The molecule has 1 aromatic carbocycles. The molecule has 3 heteroatoms. The van der Waals surface area contributed by atoms with Gasteiger partial charge in [-0.05, 0) is 36.0 Å². The lowest BCUT2D eigenvalue weighted by atomic mass is 9.94. The van der Waals surface area contributed by atoms with Gasteiger partial charge >= 0.3 is 5.97 Å². The van der Waals surface area contributed by atoms with E-state index in [4.69, 9.17) is 9.84 Å². The van der Waals surface area contributed by atoms with Gasteiger partial charge in [0.1, 0.15) is 5.75 Å². The third-order valence-corrected chi connectivity index (χ3v) is 3.18. The molecule has 1 aromatic rings. The topological polar surface area (TPSA) is 46.5 Å². The summed E-state index contributed by atoms with van der Waals surface area (Å²) >= 11 is 0. The van der Waals surface area contributed by atoms with E-state index in [2.05, 4.69) is 13.0 Å². The number of ether oxygens (including phenoxy) is 1. The molecular formula is C16H22O3. The third kappa shape index (κ3) is 4.43. The minimum Gasteiger partial charge on any atom is -0.496 e. The number of carbonyl (C=O) groups is 1. The van der Waals surface area contributed by atoms with E-state index in [9.17, 15) is 4.79 Å². The molecule has 0 aliphatic heterocycles. The van der Waals surface area contributed by atoms with Crippen LogP contribution < -0.4 is 4.74 Å². The van der Waals surface area contributed by atoms with Crippen LogP contribution in [0.4, 0.5) is 0 Å². The Morgan fingerprint density at radius 2 is 2.11 bits per heavy atom. The minimum absolute atomic E-state index is 0.225. The van der Waals surface area contributed by atoms with Crippen LogP contribution in [-0.2, 0) is 17.6 Å². The molecule has 0 bridgehead atoms. The molecule has 0 heterocycles. The number of methoxy groups -OCH3 is 1. The summed E-state index contributed by atoms with van der Waals surface area (Å²) in [5, 5.41) is 8.90. The van der Waals surface area contributed by atoms with E-state index in [1.54, 1.807) is 7.11 Å². The molecular weight excluding hydrogens is 240 g/mol. The van der Waals surface area contributed by atoms with Crippen LogP contribution in [0.5, 0.6) is 5.75 Å². The maximum absolute atomic E-state index is 10.8. The number of benzene rings is 1. The zero-order chi connectivity index (χ0) is 14.4. The summed E-state index contributed by atoms with van der Waals surface area (Å²) < 4.78 is 5.30. The minimum atomic E-state index is -0.882. The highest BCUT2D eigenvalue weighted by atomic mass is 16.5. The fourth-order valence-corrected chi connectivity index (χ4v) is 2.03. The van der Waals surface area contributed by atoms with Gasteiger partial charge in [-0.1, -0.05) is 38.5 Å². The van der Waals surface area contributed by atoms with E-state index in [0.29, 0.717) is 6.42 Å². The number of hydrogen-bond donors (Lipinski definition) is 1. The lowest BCUT2D eigenvalue weighted by molar-refractivity contribution is -0.131. The second-order valence-electron chi connectivity index (χ2n) is 4.89. The Morgan fingerprint density at radius 3 is 2.58 bits per heavy atom. The van der Waals surface area contributed by atoms with Crippen molar-refractivity contribution in [2.75, 3.05) is 7.11 Å². The van der Waals surface area contributed by atoms with Gasteiger partial charge in [0.15, 0.2) is 0 Å². The van der Waals surface area contributed by atoms with E-state index in [1.165, 1.54) is 6.08 Å². The molecule has 104 valence electrons. The van der Waals surface area contributed by atoms with Crippen molar-refractivity contribution in [2.45, 2.75) is 33.6 Å². The van der Waals surface area contributed by atoms with Gasteiger partial charge in [-0.2, -0.15) is 0 Å². The van der Waals surface area contributed by atoms with Crippen molar-refractivity contribution < 1.29 is 14.6 Å². The molecule has 19 heavy (non-hydrogen) atoms. The Balaban J connectivity index is 3.01. The molecule has 0 aromatic heterocycles. The van der Waals surface area contributed by atoms with E-state index in [-0.39, 0.29) is 5.92 Å². The van der Waals surface area contributed by atoms with Gasteiger partial charge < -0.3 is 9.84 Å². The van der Waals surface area contributed by atoms with Gasteiger partial charge in [0, 0.05) is 6.08 Å². The number of carboxylic acids is 1. The predicted octanol–water partition coefficient (Wildman–Crippen LogP) is 3.47. The van der Waals surface area contributed by atoms with E-state index in [1.807, 2.05) is 26.0 Å². The van der Waals surface area contributed by atoms with Crippen LogP contribution in [0.25, 0.3) is 0 Å². The largest absolute Gasteiger partial charge is 0.496 e. The van der Waals surface area contributed by atoms with Gasteiger partial charge in [0.05, 0.1) is 7.11 Å². The average Bonchev–Trinajstić information content (AvgIpc) is 2.37. The number of aliphatic carboxylic acids is 1. The molecule has 0 radical (unpaired) electrons. The van der Waals surface area contributed by atoms with Gasteiger partial charge in [0.2, 0.25) is 0 Å². The lowest BCUT2D eigenvalue weighted by Crippen LogP contribution is -2.03. The first-order chi connectivity index (χ1) is 8.97. The van der Waals surface area contributed by atoms with E-state index >= 15 is 0 Å². The molecule has 0 aliphatic carbocycles. The fourth-order valence-electron chi connectivity index (χ4n) is 2.03. The lowest BCUT2D eigenvalue weighted by Gasteiger charge is -2.13. The zero-order valence-corrected chi connectivity index (χ0v) is 12.1. The summed E-state index contributed by atoms with van der Waals surface area (Å²) in [5.74, 6) is 0.232. The molecule has 0 saturated carbocycles. The highest BCUT2D eigenvalue weighted by Crippen LogP contribution is 2.23. The molecule has 3 nitrogen and oxygen atoms in total. The van der Waals surface area contributed by atoms with Crippen LogP contribution in [0.3, 0.4) is 0 Å². The van der Waals surface area contributed by atoms with Crippen LogP contribution >= 0.6 is 0 Å². The molecule has 0 aliphatic rings.